The summed E-state index contributed by atoms with van der Waals surface area (Å²) in [7, 11) is 0. The molecule has 0 amide bonds. The number of nitrogens with zero attached hydrogens (tertiary/aromatic N) is 2. The van der Waals surface area contributed by atoms with Gasteiger partial charge >= 0.3 is 0 Å². The maximum atomic E-state index is 8.74. The highest BCUT2D eigenvalue weighted by atomic mass is 35.5. The maximum Gasteiger partial charge on any atom is 0.147 e. The van der Waals surface area contributed by atoms with E-state index < -0.39 is 0 Å². The second-order valence-electron chi connectivity index (χ2n) is 3.51. The van der Waals surface area contributed by atoms with Crippen molar-refractivity contribution in [1.29, 1.82) is 5.26 Å². The molecule has 1 aromatic heterocycles. The lowest BCUT2D eigenvalue weighted by atomic mass is 10.1. The number of aromatic nitrogens is 1. The van der Waals surface area contributed by atoms with Crippen molar-refractivity contribution in [3.05, 3.63) is 52.7 Å². The molecule has 0 bridgehead atoms. The van der Waals surface area contributed by atoms with Gasteiger partial charge in [-0.15, -0.1) is 0 Å². The van der Waals surface area contributed by atoms with Gasteiger partial charge in [-0.1, -0.05) is 41.4 Å². The topological polar surface area (TPSA) is 36.7 Å². The molecule has 16 heavy (non-hydrogen) atoms. The van der Waals surface area contributed by atoms with Crippen LogP contribution in [0.3, 0.4) is 0 Å². The van der Waals surface area contributed by atoms with Crippen LogP contribution in [0.4, 0.5) is 0 Å². The molecular weight excluding hydrogens is 220 g/mol. The van der Waals surface area contributed by atoms with Crippen LogP contribution in [0, 0.1) is 18.3 Å². The highest BCUT2D eigenvalue weighted by Gasteiger charge is 2.04. The van der Waals surface area contributed by atoms with Gasteiger partial charge in [0.05, 0.1) is 11.3 Å². The zero-order valence-electron chi connectivity index (χ0n) is 8.74. The van der Waals surface area contributed by atoms with Gasteiger partial charge in [-0.25, -0.2) is 4.98 Å². The van der Waals surface area contributed by atoms with E-state index in [1.165, 1.54) is 5.56 Å². The number of rotatable bonds is 1. The monoisotopic (exact) mass is 228 g/mol. The van der Waals surface area contributed by atoms with E-state index in [1.807, 2.05) is 37.3 Å². The zero-order valence-corrected chi connectivity index (χ0v) is 9.49. The molecule has 1 heterocycles. The van der Waals surface area contributed by atoms with Gasteiger partial charge in [-0.05, 0) is 19.1 Å². The van der Waals surface area contributed by atoms with Crippen molar-refractivity contribution in [1.82, 2.24) is 4.98 Å². The third-order valence-electron chi connectivity index (χ3n) is 2.32. The Morgan fingerprint density at radius 1 is 1.12 bits per heavy atom. The quantitative estimate of drug-likeness (QED) is 0.700. The maximum absolute atomic E-state index is 8.74. The van der Waals surface area contributed by atoms with Crippen LogP contribution in [0.15, 0.2) is 36.4 Å². The average Bonchev–Trinajstić information content (AvgIpc) is 2.30. The Labute approximate surface area is 99.1 Å². The van der Waals surface area contributed by atoms with Crippen LogP contribution >= 0.6 is 11.6 Å². The number of halogens is 1. The summed E-state index contributed by atoms with van der Waals surface area (Å²) in [6, 6.07) is 13.5. The van der Waals surface area contributed by atoms with E-state index in [0.717, 1.165) is 11.3 Å². The summed E-state index contributed by atoms with van der Waals surface area (Å²) >= 11 is 5.88. The first-order chi connectivity index (χ1) is 7.70. The number of hydrogen-bond acceptors (Lipinski definition) is 2. The van der Waals surface area contributed by atoms with E-state index in [4.69, 9.17) is 16.9 Å². The van der Waals surface area contributed by atoms with Crippen molar-refractivity contribution in [2.75, 3.05) is 0 Å². The average molecular weight is 229 g/mol. The second kappa shape index (κ2) is 4.34. The van der Waals surface area contributed by atoms with Gasteiger partial charge in [0.1, 0.15) is 11.2 Å². The lowest BCUT2D eigenvalue weighted by Crippen LogP contribution is -1.87. The number of pyridine rings is 1. The Balaban J connectivity index is 2.46. The zero-order chi connectivity index (χ0) is 11.5. The summed E-state index contributed by atoms with van der Waals surface area (Å²) in [5, 5.41) is 8.99. The minimum atomic E-state index is 0.251. The number of hydrogen-bond donors (Lipinski definition) is 0. The van der Waals surface area contributed by atoms with Gasteiger partial charge in [-0.2, -0.15) is 5.26 Å². The van der Waals surface area contributed by atoms with Crippen molar-refractivity contribution >= 4 is 11.6 Å². The molecule has 2 nitrogen and oxygen atoms in total. The van der Waals surface area contributed by atoms with Crippen LogP contribution in [0.2, 0.25) is 5.15 Å². The summed E-state index contributed by atoms with van der Waals surface area (Å²) in [5.41, 5.74) is 3.38. The van der Waals surface area contributed by atoms with E-state index in [0.29, 0.717) is 5.56 Å². The van der Waals surface area contributed by atoms with Crippen LogP contribution in [0.1, 0.15) is 11.1 Å². The summed E-state index contributed by atoms with van der Waals surface area (Å²) in [6.07, 6.45) is 0. The van der Waals surface area contributed by atoms with Crippen LogP contribution < -0.4 is 0 Å². The van der Waals surface area contributed by atoms with Crippen molar-refractivity contribution in [3.8, 4) is 17.3 Å². The Bertz CT molecular complexity index is 553. The van der Waals surface area contributed by atoms with E-state index in [-0.39, 0.29) is 5.15 Å². The fourth-order valence-corrected chi connectivity index (χ4v) is 1.60. The first-order valence-corrected chi connectivity index (χ1v) is 5.22. The van der Waals surface area contributed by atoms with Crippen LogP contribution in [0.5, 0.6) is 0 Å². The second-order valence-corrected chi connectivity index (χ2v) is 3.87. The van der Waals surface area contributed by atoms with Crippen LogP contribution in [-0.4, -0.2) is 4.98 Å². The molecule has 2 rings (SSSR count). The van der Waals surface area contributed by atoms with Crippen molar-refractivity contribution < 1.29 is 0 Å². The van der Waals surface area contributed by atoms with Gasteiger partial charge in [0.15, 0.2) is 0 Å². The molecule has 0 aliphatic rings. The molecule has 0 saturated carbocycles. The van der Waals surface area contributed by atoms with Gasteiger partial charge in [0, 0.05) is 5.56 Å². The minimum absolute atomic E-state index is 0.251. The predicted octanol–water partition coefficient (Wildman–Crippen LogP) is 3.58. The Morgan fingerprint density at radius 2 is 1.81 bits per heavy atom. The molecule has 0 spiro atoms. The minimum Gasteiger partial charge on any atom is -0.235 e. The molecule has 0 fully saturated rings. The molecule has 3 heteroatoms. The molecule has 0 aliphatic heterocycles. The van der Waals surface area contributed by atoms with Crippen LogP contribution in [0.25, 0.3) is 11.3 Å². The van der Waals surface area contributed by atoms with Crippen molar-refractivity contribution in [3.63, 3.8) is 0 Å². The molecule has 0 radical (unpaired) electrons. The molecule has 0 N–H and O–H groups in total. The molecular formula is C13H9ClN2. The third kappa shape index (κ3) is 2.05. The Morgan fingerprint density at radius 3 is 2.38 bits per heavy atom. The summed E-state index contributed by atoms with van der Waals surface area (Å²) in [6.45, 7) is 2.03. The molecule has 0 unspecified atom stereocenters. The molecule has 0 aliphatic carbocycles. The first-order valence-electron chi connectivity index (χ1n) is 4.84. The SMILES string of the molecule is Cc1ccc(-c2ccc(C#N)c(Cl)n2)cc1. The summed E-state index contributed by atoms with van der Waals surface area (Å²) in [5.74, 6) is 0. The Kier molecular flexibility index (Phi) is 2.89. The molecule has 2 aromatic rings. The van der Waals surface area contributed by atoms with Crippen LogP contribution in [-0.2, 0) is 0 Å². The van der Waals surface area contributed by atoms with E-state index in [1.54, 1.807) is 12.1 Å². The van der Waals surface area contributed by atoms with E-state index in [2.05, 4.69) is 4.98 Å². The molecule has 1 aromatic carbocycles. The lowest BCUT2D eigenvalue weighted by Gasteiger charge is -2.02. The van der Waals surface area contributed by atoms with Gasteiger partial charge in [-0.3, -0.25) is 0 Å². The predicted molar refractivity (Wildman–Crippen MR) is 64.1 cm³/mol. The standard InChI is InChI=1S/C13H9ClN2/c1-9-2-4-10(5-3-9)12-7-6-11(8-15)13(14)16-12/h2-7H,1H3. The highest BCUT2D eigenvalue weighted by molar-refractivity contribution is 6.30. The van der Waals surface area contributed by atoms with Gasteiger partial charge in [0.2, 0.25) is 0 Å². The fourth-order valence-electron chi connectivity index (χ4n) is 1.40. The third-order valence-corrected chi connectivity index (χ3v) is 2.60. The van der Waals surface area contributed by atoms with Gasteiger partial charge in [0.25, 0.3) is 0 Å². The normalized spacial score (nSPS) is 9.81. The lowest BCUT2D eigenvalue weighted by molar-refractivity contribution is 1.30. The smallest absolute Gasteiger partial charge is 0.147 e. The first kappa shape index (κ1) is 10.7. The highest BCUT2D eigenvalue weighted by Crippen LogP contribution is 2.21. The van der Waals surface area contributed by atoms with Crippen molar-refractivity contribution in [2.24, 2.45) is 0 Å². The molecule has 0 atom stereocenters. The van der Waals surface area contributed by atoms with Gasteiger partial charge < -0.3 is 0 Å². The fraction of sp³-hybridized carbons (Fsp3) is 0.0769. The summed E-state index contributed by atoms with van der Waals surface area (Å²) in [4.78, 5) is 4.19. The largest absolute Gasteiger partial charge is 0.235 e. The molecule has 78 valence electrons. The number of aryl methyl sites for hydroxylation is 1. The molecule has 0 saturated heterocycles. The Hall–Kier alpha value is -1.85. The van der Waals surface area contributed by atoms with E-state index in [9.17, 15) is 0 Å². The number of nitriles is 1. The number of benzene rings is 1. The van der Waals surface area contributed by atoms with E-state index >= 15 is 0 Å². The summed E-state index contributed by atoms with van der Waals surface area (Å²) < 4.78 is 0. The van der Waals surface area contributed by atoms with Crippen molar-refractivity contribution in [2.45, 2.75) is 6.92 Å².